The monoisotopic (exact) mass is 413 g/mol. The van der Waals surface area contributed by atoms with Crippen molar-refractivity contribution < 1.29 is 28.6 Å². The Morgan fingerprint density at radius 1 is 0.967 bits per heavy atom. The van der Waals surface area contributed by atoms with Crippen molar-refractivity contribution in [3.8, 4) is 5.75 Å². The Bertz CT molecular complexity index is 819. The number of ether oxygens (including phenoxy) is 3. The number of methoxy groups -OCH3 is 1. The van der Waals surface area contributed by atoms with E-state index in [2.05, 4.69) is 5.32 Å². The summed E-state index contributed by atoms with van der Waals surface area (Å²) >= 11 is 0. The fourth-order valence-corrected chi connectivity index (χ4v) is 2.66. The highest BCUT2D eigenvalue weighted by atomic mass is 16.6. The Kier molecular flexibility index (Phi) is 9.37. The molecule has 0 aliphatic carbocycles. The van der Waals surface area contributed by atoms with E-state index in [0.29, 0.717) is 17.7 Å². The van der Waals surface area contributed by atoms with Crippen molar-refractivity contribution in [2.45, 2.75) is 38.8 Å². The van der Waals surface area contributed by atoms with Crippen molar-refractivity contribution in [3.05, 3.63) is 65.7 Å². The van der Waals surface area contributed by atoms with Crippen LogP contribution in [0.25, 0.3) is 0 Å². The summed E-state index contributed by atoms with van der Waals surface area (Å²) in [6.07, 6.45) is 0.0846. The minimum atomic E-state index is -0.970. The molecule has 1 atom stereocenters. The van der Waals surface area contributed by atoms with Crippen LogP contribution in [0.4, 0.5) is 4.79 Å². The SMILES string of the molecule is CCCOC(=O)C(CCC(=O)c1ccc(OC)cc1)NC(=O)OCc1ccccc1. The topological polar surface area (TPSA) is 90.9 Å². The Morgan fingerprint density at radius 3 is 2.30 bits per heavy atom. The first-order valence-corrected chi connectivity index (χ1v) is 9.84. The van der Waals surface area contributed by atoms with Gasteiger partial charge in [0.05, 0.1) is 13.7 Å². The highest BCUT2D eigenvalue weighted by Gasteiger charge is 2.24. The molecule has 160 valence electrons. The molecule has 0 bridgehead atoms. The van der Waals surface area contributed by atoms with E-state index in [1.165, 1.54) is 0 Å². The molecular formula is C23H27NO6. The molecule has 2 aromatic carbocycles. The number of hydrogen-bond acceptors (Lipinski definition) is 6. The number of alkyl carbamates (subject to hydrolysis) is 1. The van der Waals surface area contributed by atoms with Crippen LogP contribution in [0.15, 0.2) is 54.6 Å². The lowest BCUT2D eigenvalue weighted by Gasteiger charge is -2.17. The lowest BCUT2D eigenvalue weighted by Crippen LogP contribution is -2.42. The number of rotatable bonds is 11. The summed E-state index contributed by atoms with van der Waals surface area (Å²) in [7, 11) is 1.55. The number of carbonyl (C=O) groups is 3. The van der Waals surface area contributed by atoms with E-state index in [9.17, 15) is 14.4 Å². The maximum absolute atomic E-state index is 12.4. The lowest BCUT2D eigenvalue weighted by atomic mass is 10.0. The maximum atomic E-state index is 12.4. The van der Waals surface area contributed by atoms with Gasteiger partial charge in [0.2, 0.25) is 0 Å². The van der Waals surface area contributed by atoms with Crippen molar-refractivity contribution in [3.63, 3.8) is 0 Å². The van der Waals surface area contributed by atoms with Gasteiger partial charge in [-0.2, -0.15) is 0 Å². The number of nitrogens with one attached hydrogen (secondary N) is 1. The van der Waals surface area contributed by atoms with Crippen molar-refractivity contribution in [2.75, 3.05) is 13.7 Å². The number of esters is 1. The second-order valence-corrected chi connectivity index (χ2v) is 6.62. The first-order valence-electron chi connectivity index (χ1n) is 9.84. The van der Waals surface area contributed by atoms with Gasteiger partial charge in [0.1, 0.15) is 18.4 Å². The largest absolute Gasteiger partial charge is 0.497 e. The van der Waals surface area contributed by atoms with E-state index in [0.717, 1.165) is 5.56 Å². The van der Waals surface area contributed by atoms with Crippen molar-refractivity contribution in [1.82, 2.24) is 5.32 Å². The zero-order valence-corrected chi connectivity index (χ0v) is 17.3. The van der Waals surface area contributed by atoms with Gasteiger partial charge in [0, 0.05) is 12.0 Å². The molecule has 0 saturated carbocycles. The maximum Gasteiger partial charge on any atom is 0.408 e. The van der Waals surface area contributed by atoms with Crippen molar-refractivity contribution in [2.24, 2.45) is 0 Å². The summed E-state index contributed by atoms with van der Waals surface area (Å²) in [4.78, 5) is 36.9. The number of ketones is 1. The average molecular weight is 413 g/mol. The molecule has 0 spiro atoms. The lowest BCUT2D eigenvalue weighted by molar-refractivity contribution is -0.146. The third-order valence-electron chi connectivity index (χ3n) is 4.31. The van der Waals surface area contributed by atoms with Gasteiger partial charge in [-0.1, -0.05) is 37.3 Å². The van der Waals surface area contributed by atoms with E-state index in [4.69, 9.17) is 14.2 Å². The molecule has 1 unspecified atom stereocenters. The van der Waals surface area contributed by atoms with E-state index >= 15 is 0 Å². The van der Waals surface area contributed by atoms with Crippen LogP contribution in [0.2, 0.25) is 0 Å². The van der Waals surface area contributed by atoms with E-state index < -0.39 is 18.1 Å². The summed E-state index contributed by atoms with van der Waals surface area (Å²) in [5.74, 6) is -0.0863. The first kappa shape index (κ1) is 22.9. The summed E-state index contributed by atoms with van der Waals surface area (Å²) in [5.41, 5.74) is 1.33. The van der Waals surface area contributed by atoms with Crippen LogP contribution >= 0.6 is 0 Å². The normalized spacial score (nSPS) is 11.3. The first-order chi connectivity index (χ1) is 14.5. The molecule has 2 aromatic rings. The van der Waals surface area contributed by atoms with Gasteiger partial charge in [-0.25, -0.2) is 9.59 Å². The third-order valence-corrected chi connectivity index (χ3v) is 4.31. The summed E-state index contributed by atoms with van der Waals surface area (Å²) in [5, 5.41) is 2.51. The number of carbonyl (C=O) groups excluding carboxylic acids is 3. The minimum Gasteiger partial charge on any atom is -0.497 e. The quantitative estimate of drug-likeness (QED) is 0.444. The summed E-state index contributed by atoms with van der Waals surface area (Å²) in [6.45, 7) is 2.19. The van der Waals surface area contributed by atoms with Crippen molar-refractivity contribution in [1.29, 1.82) is 0 Å². The van der Waals surface area contributed by atoms with Crippen LogP contribution in [-0.2, 0) is 20.9 Å². The number of Topliss-reactive ketones (excluding diaryl/α,β-unsaturated/α-hetero) is 1. The molecular weight excluding hydrogens is 386 g/mol. The van der Waals surface area contributed by atoms with E-state index in [1.54, 1.807) is 31.4 Å². The molecule has 0 aromatic heterocycles. The molecule has 0 aliphatic heterocycles. The van der Waals surface area contributed by atoms with Crippen LogP contribution in [0, 0.1) is 0 Å². The Hall–Kier alpha value is -3.35. The third kappa shape index (κ3) is 7.58. The molecule has 1 amide bonds. The van der Waals surface area contributed by atoms with Gasteiger partial charge in [-0.15, -0.1) is 0 Å². The second-order valence-electron chi connectivity index (χ2n) is 6.62. The van der Waals surface area contributed by atoms with Gasteiger partial charge >= 0.3 is 12.1 Å². The molecule has 0 radical (unpaired) electrons. The predicted octanol–water partition coefficient (Wildman–Crippen LogP) is 3.91. The number of amides is 1. The standard InChI is InChI=1S/C23H27NO6/c1-3-15-29-22(26)20(24-23(27)30-16-17-7-5-4-6-8-17)13-14-21(25)18-9-11-19(28-2)12-10-18/h4-12,20H,3,13-16H2,1-2H3,(H,24,27). The fraction of sp³-hybridized carbons (Fsp3) is 0.348. The van der Waals surface area contributed by atoms with E-state index in [-0.39, 0.29) is 31.8 Å². The van der Waals surface area contributed by atoms with Gasteiger partial charge in [-0.3, -0.25) is 4.79 Å². The molecule has 0 aliphatic rings. The number of benzene rings is 2. The Balaban J connectivity index is 1.93. The van der Waals surface area contributed by atoms with Crippen LogP contribution < -0.4 is 10.1 Å². The molecule has 0 saturated heterocycles. The molecule has 1 N–H and O–H groups in total. The Labute approximate surface area is 176 Å². The van der Waals surface area contributed by atoms with Gasteiger partial charge in [-0.05, 0) is 42.7 Å². The highest BCUT2D eigenvalue weighted by Crippen LogP contribution is 2.14. The Morgan fingerprint density at radius 2 is 1.67 bits per heavy atom. The molecule has 2 rings (SSSR count). The number of hydrogen-bond donors (Lipinski definition) is 1. The zero-order valence-electron chi connectivity index (χ0n) is 17.3. The van der Waals surface area contributed by atoms with Gasteiger partial charge in [0.25, 0.3) is 0 Å². The smallest absolute Gasteiger partial charge is 0.408 e. The zero-order chi connectivity index (χ0) is 21.8. The fourth-order valence-electron chi connectivity index (χ4n) is 2.66. The van der Waals surface area contributed by atoms with Crippen LogP contribution in [0.3, 0.4) is 0 Å². The average Bonchev–Trinajstić information content (AvgIpc) is 2.79. The second kappa shape index (κ2) is 12.3. The molecule has 30 heavy (non-hydrogen) atoms. The van der Waals surface area contributed by atoms with Crippen LogP contribution in [-0.4, -0.2) is 37.6 Å². The predicted molar refractivity (Wildman–Crippen MR) is 111 cm³/mol. The van der Waals surface area contributed by atoms with Gasteiger partial charge < -0.3 is 19.5 Å². The van der Waals surface area contributed by atoms with Crippen LogP contribution in [0.5, 0.6) is 5.75 Å². The van der Waals surface area contributed by atoms with Gasteiger partial charge in [0.15, 0.2) is 5.78 Å². The van der Waals surface area contributed by atoms with E-state index in [1.807, 2.05) is 37.3 Å². The molecule has 7 heteroatoms. The molecule has 0 heterocycles. The molecule has 0 fully saturated rings. The molecule has 7 nitrogen and oxygen atoms in total. The minimum absolute atomic E-state index is 0.0667. The van der Waals surface area contributed by atoms with Crippen LogP contribution in [0.1, 0.15) is 42.1 Å². The summed E-state index contributed by atoms with van der Waals surface area (Å²) in [6, 6.07) is 14.9. The summed E-state index contributed by atoms with van der Waals surface area (Å²) < 4.78 is 15.4. The highest BCUT2D eigenvalue weighted by molar-refractivity contribution is 5.96. The van der Waals surface area contributed by atoms with Crippen molar-refractivity contribution >= 4 is 17.8 Å².